The highest BCUT2D eigenvalue weighted by Crippen LogP contribution is 2.72. The lowest BCUT2D eigenvalue weighted by Gasteiger charge is -2.68. The number of aliphatic hydroxyl groups is 5. The third kappa shape index (κ3) is 3.50. The number of aliphatic hydroxyl groups excluding tert-OH is 4. The molecule has 5 rings (SSSR count). The van der Waals surface area contributed by atoms with E-state index >= 15 is 0 Å². The molecule has 1 unspecified atom stereocenters. The predicted octanol–water partition coefficient (Wildman–Crippen LogP) is -0.855. The summed E-state index contributed by atoms with van der Waals surface area (Å²) in [6.07, 6.45) is -6.28. The summed E-state index contributed by atoms with van der Waals surface area (Å²) in [4.78, 5) is 40.0. The van der Waals surface area contributed by atoms with Gasteiger partial charge in [0.25, 0.3) is 0 Å². The first kappa shape index (κ1) is 29.2. The lowest BCUT2D eigenvalue weighted by atomic mass is 9.37. The van der Waals surface area contributed by atoms with Crippen molar-refractivity contribution in [1.82, 2.24) is 0 Å². The molecule has 12 nitrogen and oxygen atoms in total. The Labute approximate surface area is 231 Å². The van der Waals surface area contributed by atoms with E-state index in [0.717, 1.165) is 13.2 Å². The lowest BCUT2D eigenvalue weighted by Crippen LogP contribution is -2.80. The molecule has 2 heterocycles. The standard InChI is InChI=1S/C28H38O12/c1-11-7-14(29)21(32)26(5)13(11)9-15-27-10-38-28(24(35)37-6,22(33)17(31)19(26)27)20(27)18(23(34)39-15)40-16(30)8-12(2)25(3,4)36/h7-8,13-15,17-22,29,31-33,36H,9-10H2,1-6H3/b12-8+/t13-,14-,15+,17+,18+,19?,20+,21+,22-,26-,27+,28-/m0/s1. The molecule has 0 radical (unpaired) electrons. The van der Waals surface area contributed by atoms with Crippen LogP contribution >= 0.6 is 0 Å². The normalized spacial score (nSPS) is 47.9. The van der Waals surface area contributed by atoms with Crippen LogP contribution in [0.1, 0.15) is 41.0 Å². The van der Waals surface area contributed by atoms with Crippen molar-refractivity contribution in [2.75, 3.05) is 13.7 Å². The number of esters is 3. The number of hydrogen-bond donors (Lipinski definition) is 5. The van der Waals surface area contributed by atoms with Gasteiger partial charge in [0.2, 0.25) is 11.7 Å². The van der Waals surface area contributed by atoms with Crippen LogP contribution in [0.5, 0.6) is 0 Å². The van der Waals surface area contributed by atoms with Crippen LogP contribution < -0.4 is 0 Å². The minimum Gasteiger partial charge on any atom is -0.467 e. The fraction of sp³-hybridized carbons (Fsp3) is 0.750. The van der Waals surface area contributed by atoms with Crippen LogP contribution in [0.25, 0.3) is 0 Å². The molecule has 12 heteroatoms. The molecule has 5 N–H and O–H groups in total. The van der Waals surface area contributed by atoms with Crippen molar-refractivity contribution in [3.63, 3.8) is 0 Å². The number of hydrogen-bond acceptors (Lipinski definition) is 12. The minimum atomic E-state index is -2.30. The first-order valence-electron chi connectivity index (χ1n) is 13.4. The fourth-order valence-corrected chi connectivity index (χ4v) is 8.49. The maximum Gasteiger partial charge on any atom is 0.348 e. The van der Waals surface area contributed by atoms with Gasteiger partial charge >= 0.3 is 17.9 Å². The summed E-state index contributed by atoms with van der Waals surface area (Å²) < 4.78 is 22.6. The van der Waals surface area contributed by atoms with Crippen molar-refractivity contribution in [2.24, 2.45) is 28.6 Å². The van der Waals surface area contributed by atoms with Crippen molar-refractivity contribution < 1.29 is 58.9 Å². The molecule has 0 aromatic heterocycles. The van der Waals surface area contributed by atoms with Gasteiger partial charge < -0.3 is 44.5 Å². The van der Waals surface area contributed by atoms with E-state index in [2.05, 4.69) is 0 Å². The second kappa shape index (κ2) is 9.07. The van der Waals surface area contributed by atoms with Gasteiger partial charge in [-0.05, 0) is 45.6 Å². The Morgan fingerprint density at radius 3 is 2.40 bits per heavy atom. The Balaban J connectivity index is 1.70. The molecule has 0 aromatic rings. The summed E-state index contributed by atoms with van der Waals surface area (Å²) in [6, 6.07) is 0. The molecule has 2 saturated heterocycles. The van der Waals surface area contributed by atoms with Crippen LogP contribution in [0.2, 0.25) is 0 Å². The molecule has 4 fully saturated rings. The van der Waals surface area contributed by atoms with Crippen LogP contribution in [-0.4, -0.2) is 105 Å². The van der Waals surface area contributed by atoms with Gasteiger partial charge in [-0.3, -0.25) is 0 Å². The average molecular weight is 567 g/mol. The molecule has 1 spiro atoms. The van der Waals surface area contributed by atoms with Gasteiger partial charge in [0.1, 0.15) is 12.2 Å². The number of rotatable bonds is 4. The Morgan fingerprint density at radius 2 is 1.80 bits per heavy atom. The zero-order chi connectivity index (χ0) is 29.7. The van der Waals surface area contributed by atoms with Crippen molar-refractivity contribution in [2.45, 2.75) is 88.9 Å². The maximum absolute atomic E-state index is 13.5. The smallest absolute Gasteiger partial charge is 0.348 e. The molecule has 12 atom stereocenters. The van der Waals surface area contributed by atoms with E-state index in [1.54, 1.807) is 13.8 Å². The number of carbonyl (C=O) groups excluding carboxylic acids is 3. The largest absolute Gasteiger partial charge is 0.467 e. The summed E-state index contributed by atoms with van der Waals surface area (Å²) in [5.41, 5.74) is -5.38. The quantitative estimate of drug-likeness (QED) is 0.123. The summed E-state index contributed by atoms with van der Waals surface area (Å²) in [5.74, 6) is -5.93. The van der Waals surface area contributed by atoms with Gasteiger partial charge in [-0.2, -0.15) is 0 Å². The van der Waals surface area contributed by atoms with E-state index in [-0.39, 0.29) is 18.6 Å². The SMILES string of the molecule is COC(=O)[C@@]12OC[C@]34C([C@@H](O)[C@@H]1O)[C@@]1(C)[C@H](O)[C@@H](O)C=C(C)[C@@H]1C[C@H]3OC(=O)[C@H](OC(=O)/C=C(\C)C(C)(C)O)[C@@H]24. The van der Waals surface area contributed by atoms with Crippen LogP contribution in [0.15, 0.2) is 23.3 Å². The van der Waals surface area contributed by atoms with Gasteiger partial charge in [0.05, 0.1) is 43.5 Å². The third-order valence-corrected chi connectivity index (χ3v) is 10.5. The van der Waals surface area contributed by atoms with Crippen molar-refractivity contribution >= 4 is 17.9 Å². The predicted molar refractivity (Wildman–Crippen MR) is 134 cm³/mol. The third-order valence-electron chi connectivity index (χ3n) is 10.5. The molecule has 0 aromatic carbocycles. The summed E-state index contributed by atoms with van der Waals surface area (Å²) in [7, 11) is 1.07. The number of ether oxygens (including phenoxy) is 4. The first-order valence-corrected chi connectivity index (χ1v) is 13.4. The second-order valence-electron chi connectivity index (χ2n) is 12.7. The summed E-state index contributed by atoms with van der Waals surface area (Å²) in [6.45, 7) is 7.62. The summed E-state index contributed by atoms with van der Waals surface area (Å²) >= 11 is 0. The summed E-state index contributed by atoms with van der Waals surface area (Å²) in [5, 5.41) is 55.7. The molecule has 5 aliphatic rings. The molecule has 2 aliphatic heterocycles. The monoisotopic (exact) mass is 566 g/mol. The molecule has 2 bridgehead atoms. The minimum absolute atomic E-state index is 0.170. The van der Waals surface area contributed by atoms with E-state index < -0.39 is 94.3 Å². The highest BCUT2D eigenvalue weighted by atomic mass is 16.6. The zero-order valence-corrected chi connectivity index (χ0v) is 23.4. The van der Waals surface area contributed by atoms with E-state index in [4.69, 9.17) is 18.9 Å². The molecule has 40 heavy (non-hydrogen) atoms. The van der Waals surface area contributed by atoms with Crippen molar-refractivity contribution in [1.29, 1.82) is 0 Å². The first-order chi connectivity index (χ1) is 18.5. The Kier molecular flexibility index (Phi) is 6.61. The lowest BCUT2D eigenvalue weighted by molar-refractivity contribution is -0.303. The van der Waals surface area contributed by atoms with Crippen molar-refractivity contribution in [3.05, 3.63) is 23.3 Å². The van der Waals surface area contributed by atoms with E-state index in [9.17, 15) is 39.9 Å². The van der Waals surface area contributed by atoms with Crippen LogP contribution in [0.3, 0.4) is 0 Å². The fourth-order valence-electron chi connectivity index (χ4n) is 8.49. The van der Waals surface area contributed by atoms with E-state index in [0.29, 0.717) is 5.57 Å². The van der Waals surface area contributed by atoms with Crippen LogP contribution in [-0.2, 0) is 33.3 Å². The highest BCUT2D eigenvalue weighted by molar-refractivity contribution is 5.89. The van der Waals surface area contributed by atoms with Gasteiger partial charge in [-0.15, -0.1) is 0 Å². The number of fused-ring (bicyclic) bond motifs is 2. The molecular formula is C28H38O12. The van der Waals surface area contributed by atoms with Crippen molar-refractivity contribution in [3.8, 4) is 0 Å². The van der Waals surface area contributed by atoms with Gasteiger partial charge in [-0.25, -0.2) is 14.4 Å². The topological polar surface area (TPSA) is 189 Å². The Hall–Kier alpha value is -2.35. The molecular weight excluding hydrogens is 528 g/mol. The van der Waals surface area contributed by atoms with E-state index in [1.165, 1.54) is 26.8 Å². The average Bonchev–Trinajstić information content (AvgIpc) is 3.17. The zero-order valence-electron chi connectivity index (χ0n) is 23.4. The van der Waals surface area contributed by atoms with Crippen LogP contribution in [0.4, 0.5) is 0 Å². The Bertz CT molecular complexity index is 1190. The number of methoxy groups -OCH3 is 1. The van der Waals surface area contributed by atoms with E-state index in [1.807, 2.05) is 0 Å². The molecule has 3 aliphatic carbocycles. The van der Waals surface area contributed by atoms with Gasteiger partial charge in [0, 0.05) is 22.8 Å². The van der Waals surface area contributed by atoms with Gasteiger partial charge in [-0.1, -0.05) is 18.6 Å². The Morgan fingerprint density at radius 1 is 1.15 bits per heavy atom. The molecule has 2 saturated carbocycles. The highest BCUT2D eigenvalue weighted by Gasteiger charge is 2.85. The van der Waals surface area contributed by atoms with Gasteiger partial charge in [0.15, 0.2) is 0 Å². The molecule has 0 amide bonds. The number of allylic oxidation sites excluding steroid dienone is 1. The number of carbonyl (C=O) groups is 3. The second-order valence-corrected chi connectivity index (χ2v) is 12.7. The molecule has 222 valence electrons. The van der Waals surface area contributed by atoms with Crippen LogP contribution in [0, 0.1) is 28.6 Å². The maximum atomic E-state index is 13.5.